The molecule has 2 fully saturated rings. The van der Waals surface area contributed by atoms with E-state index in [0.29, 0.717) is 25.9 Å². The summed E-state index contributed by atoms with van der Waals surface area (Å²) < 4.78 is 0. The first-order chi connectivity index (χ1) is 9.55. The maximum atomic E-state index is 12.4. The van der Waals surface area contributed by atoms with E-state index in [-0.39, 0.29) is 5.91 Å². The van der Waals surface area contributed by atoms with Crippen molar-refractivity contribution in [2.75, 3.05) is 26.2 Å². The van der Waals surface area contributed by atoms with Crippen molar-refractivity contribution in [2.45, 2.75) is 39.5 Å². The molecule has 6 nitrogen and oxygen atoms in total. The van der Waals surface area contributed by atoms with Gasteiger partial charge in [-0.05, 0) is 32.4 Å². The minimum atomic E-state index is -0.949. The Morgan fingerprint density at radius 2 is 1.90 bits per heavy atom. The molecule has 0 bridgehead atoms. The third-order valence-corrected chi connectivity index (χ3v) is 4.39. The molecule has 0 unspecified atom stereocenters. The van der Waals surface area contributed by atoms with E-state index in [1.54, 1.807) is 0 Å². The highest BCUT2D eigenvalue weighted by atomic mass is 16.2. The summed E-state index contributed by atoms with van der Waals surface area (Å²) in [4.78, 5) is 39.6. The fraction of sp³-hybridized carbons (Fsp3) is 0.786. The molecule has 20 heavy (non-hydrogen) atoms. The summed E-state index contributed by atoms with van der Waals surface area (Å²) >= 11 is 0. The highest BCUT2D eigenvalue weighted by Crippen LogP contribution is 2.44. The van der Waals surface area contributed by atoms with E-state index in [4.69, 9.17) is 0 Å². The van der Waals surface area contributed by atoms with Gasteiger partial charge in [0.1, 0.15) is 5.41 Å². The van der Waals surface area contributed by atoms with Crippen molar-refractivity contribution < 1.29 is 14.4 Å². The number of carbonyl (C=O) groups excluding carboxylic acids is 3. The van der Waals surface area contributed by atoms with Crippen molar-refractivity contribution in [3.63, 3.8) is 0 Å². The van der Waals surface area contributed by atoms with Gasteiger partial charge >= 0.3 is 6.03 Å². The summed E-state index contributed by atoms with van der Waals surface area (Å²) in [5, 5.41) is 2.34. The van der Waals surface area contributed by atoms with Crippen LogP contribution in [0.1, 0.15) is 39.5 Å². The lowest BCUT2D eigenvalue weighted by Crippen LogP contribution is -2.66. The van der Waals surface area contributed by atoms with Crippen molar-refractivity contribution in [2.24, 2.45) is 5.41 Å². The average Bonchev–Trinajstić information content (AvgIpc) is 2.35. The topological polar surface area (TPSA) is 69.7 Å². The van der Waals surface area contributed by atoms with E-state index in [1.807, 2.05) is 0 Å². The molecule has 0 radical (unpaired) electrons. The molecule has 4 amide bonds. The monoisotopic (exact) mass is 281 g/mol. The van der Waals surface area contributed by atoms with Gasteiger partial charge in [0.05, 0.1) is 0 Å². The van der Waals surface area contributed by atoms with Crippen LogP contribution in [-0.4, -0.2) is 53.8 Å². The first kappa shape index (κ1) is 15.0. The molecule has 0 aromatic rings. The van der Waals surface area contributed by atoms with Crippen LogP contribution in [0.2, 0.25) is 0 Å². The summed E-state index contributed by atoms with van der Waals surface area (Å²) in [5.41, 5.74) is -0.949. The Morgan fingerprint density at radius 1 is 1.20 bits per heavy atom. The molecular weight excluding hydrogens is 258 g/mol. The van der Waals surface area contributed by atoms with Crippen LogP contribution in [0, 0.1) is 5.41 Å². The first-order valence-corrected chi connectivity index (χ1v) is 7.45. The van der Waals surface area contributed by atoms with Gasteiger partial charge in [0, 0.05) is 13.1 Å². The zero-order chi connectivity index (χ0) is 14.8. The molecule has 1 saturated heterocycles. The van der Waals surface area contributed by atoms with E-state index in [2.05, 4.69) is 24.1 Å². The highest BCUT2D eigenvalue weighted by Gasteiger charge is 2.57. The fourth-order valence-corrected chi connectivity index (χ4v) is 2.89. The fourth-order valence-electron chi connectivity index (χ4n) is 2.89. The van der Waals surface area contributed by atoms with Crippen LogP contribution in [0.5, 0.6) is 0 Å². The standard InChI is InChI=1S/C14H23N3O3/c1-3-8-16(4-2)9-10-17-12(19)14(6-5-7-14)11(18)15-13(17)20/h3-10H2,1-2H3,(H,15,18,20). The Labute approximate surface area is 119 Å². The molecule has 2 aliphatic rings. The van der Waals surface area contributed by atoms with Crippen LogP contribution in [0.3, 0.4) is 0 Å². The average molecular weight is 281 g/mol. The number of urea groups is 1. The van der Waals surface area contributed by atoms with Crippen LogP contribution in [-0.2, 0) is 9.59 Å². The molecule has 1 aliphatic carbocycles. The molecule has 1 saturated carbocycles. The van der Waals surface area contributed by atoms with Gasteiger partial charge in [-0.3, -0.25) is 19.8 Å². The summed E-state index contributed by atoms with van der Waals surface area (Å²) in [6.07, 6.45) is 3.04. The van der Waals surface area contributed by atoms with Crippen molar-refractivity contribution >= 4 is 17.8 Å². The normalized spacial score (nSPS) is 21.4. The lowest BCUT2D eigenvalue weighted by atomic mass is 9.66. The number of likely N-dealkylation sites (N-methyl/N-ethyl adjacent to an activating group) is 1. The van der Waals surface area contributed by atoms with Gasteiger partial charge in [-0.25, -0.2) is 4.79 Å². The van der Waals surface area contributed by atoms with E-state index in [0.717, 1.165) is 25.9 Å². The largest absolute Gasteiger partial charge is 0.330 e. The number of rotatable bonds is 6. The Balaban J connectivity index is 2.01. The maximum Gasteiger partial charge on any atom is 0.330 e. The predicted molar refractivity (Wildman–Crippen MR) is 73.9 cm³/mol. The molecule has 1 aliphatic heterocycles. The number of nitrogens with one attached hydrogen (secondary N) is 1. The number of carbonyl (C=O) groups is 3. The van der Waals surface area contributed by atoms with Gasteiger partial charge in [-0.2, -0.15) is 0 Å². The van der Waals surface area contributed by atoms with Crippen molar-refractivity contribution in [3.05, 3.63) is 0 Å². The van der Waals surface area contributed by atoms with Gasteiger partial charge in [-0.1, -0.05) is 20.3 Å². The predicted octanol–water partition coefficient (Wildman–Crippen LogP) is 0.967. The number of barbiturate groups is 1. The van der Waals surface area contributed by atoms with E-state index in [9.17, 15) is 14.4 Å². The first-order valence-electron chi connectivity index (χ1n) is 7.45. The number of hydrogen-bond acceptors (Lipinski definition) is 4. The Morgan fingerprint density at radius 3 is 2.40 bits per heavy atom. The molecule has 1 N–H and O–H groups in total. The molecule has 1 spiro atoms. The minimum absolute atomic E-state index is 0.301. The SMILES string of the molecule is CCCN(CC)CCN1C(=O)NC(=O)C2(CCC2)C1=O. The number of imide groups is 2. The van der Waals surface area contributed by atoms with E-state index >= 15 is 0 Å². The second kappa shape index (κ2) is 5.91. The van der Waals surface area contributed by atoms with Crippen LogP contribution >= 0.6 is 0 Å². The van der Waals surface area contributed by atoms with Gasteiger partial charge in [0.25, 0.3) is 0 Å². The third-order valence-electron chi connectivity index (χ3n) is 4.39. The van der Waals surface area contributed by atoms with Crippen LogP contribution in [0.15, 0.2) is 0 Å². The number of nitrogens with zero attached hydrogens (tertiary/aromatic N) is 2. The second-order valence-corrected chi connectivity index (χ2v) is 5.59. The number of hydrogen-bond donors (Lipinski definition) is 1. The molecule has 0 aromatic carbocycles. The zero-order valence-corrected chi connectivity index (χ0v) is 12.3. The smallest absolute Gasteiger partial charge is 0.302 e. The second-order valence-electron chi connectivity index (χ2n) is 5.59. The van der Waals surface area contributed by atoms with Crippen molar-refractivity contribution in [1.29, 1.82) is 0 Å². The van der Waals surface area contributed by atoms with E-state index in [1.165, 1.54) is 4.90 Å². The Hall–Kier alpha value is -1.43. The van der Waals surface area contributed by atoms with Crippen LogP contribution in [0.25, 0.3) is 0 Å². The van der Waals surface area contributed by atoms with Gasteiger partial charge in [0.15, 0.2) is 0 Å². The quantitative estimate of drug-likeness (QED) is 0.736. The van der Waals surface area contributed by atoms with E-state index < -0.39 is 17.4 Å². The lowest BCUT2D eigenvalue weighted by Gasteiger charge is -2.44. The van der Waals surface area contributed by atoms with Gasteiger partial charge in [-0.15, -0.1) is 0 Å². The van der Waals surface area contributed by atoms with Crippen molar-refractivity contribution in [1.82, 2.24) is 15.1 Å². The molecule has 1 heterocycles. The Kier molecular flexibility index (Phi) is 4.42. The van der Waals surface area contributed by atoms with Gasteiger partial charge < -0.3 is 4.90 Å². The zero-order valence-electron chi connectivity index (χ0n) is 12.3. The minimum Gasteiger partial charge on any atom is -0.302 e. The number of amides is 4. The molecule has 112 valence electrons. The maximum absolute atomic E-state index is 12.4. The lowest BCUT2D eigenvalue weighted by molar-refractivity contribution is -0.157. The summed E-state index contributed by atoms with van der Waals surface area (Å²) in [7, 11) is 0. The van der Waals surface area contributed by atoms with Crippen LogP contribution < -0.4 is 5.32 Å². The molecule has 6 heteroatoms. The highest BCUT2D eigenvalue weighted by molar-refractivity contribution is 6.19. The molecule has 0 atom stereocenters. The summed E-state index contributed by atoms with van der Waals surface area (Å²) in [5.74, 6) is -0.707. The molecule has 2 rings (SSSR count). The van der Waals surface area contributed by atoms with Crippen LogP contribution in [0.4, 0.5) is 4.79 Å². The summed E-state index contributed by atoms with van der Waals surface area (Å²) in [6.45, 7) is 7.02. The Bertz CT molecular complexity index is 418. The molecule has 0 aromatic heterocycles. The third kappa shape index (κ3) is 2.44. The summed E-state index contributed by atoms with van der Waals surface area (Å²) in [6, 6.07) is -0.565. The van der Waals surface area contributed by atoms with Gasteiger partial charge in [0.2, 0.25) is 11.8 Å². The van der Waals surface area contributed by atoms with Crippen molar-refractivity contribution in [3.8, 4) is 0 Å². The molecular formula is C14H23N3O3.